The van der Waals surface area contributed by atoms with Crippen molar-refractivity contribution in [2.45, 2.75) is 212 Å². The van der Waals surface area contributed by atoms with Crippen LogP contribution in [-0.4, -0.2) is 28.6 Å². The third-order valence-electron chi connectivity index (χ3n) is 18.2. The zero-order chi connectivity index (χ0) is 37.9. The smallest absolute Gasteiger partial charge is 0.662 e. The van der Waals surface area contributed by atoms with E-state index in [1.807, 2.05) is 13.0 Å². The molecule has 0 amide bonds. The topological polar surface area (TPSA) is 28.2 Å². The van der Waals surface area contributed by atoms with Crippen molar-refractivity contribution in [3.63, 3.8) is 0 Å². The van der Waals surface area contributed by atoms with Gasteiger partial charge in [0.25, 0.3) is 0 Å². The zero-order valence-corrected chi connectivity index (χ0v) is 46.8. The minimum Gasteiger partial charge on any atom is -0.662 e. The Labute approximate surface area is 404 Å². The maximum absolute atomic E-state index is 5.65. The van der Waals surface area contributed by atoms with Crippen molar-refractivity contribution < 1.29 is 43.4 Å². The maximum atomic E-state index is 5.65. The summed E-state index contributed by atoms with van der Waals surface area (Å²) in [6.07, 6.45) is 36.0. The molecule has 14 atom stereocenters. The number of nitrogens with zero attached hydrogens (tertiary/aromatic N) is 2. The van der Waals surface area contributed by atoms with Crippen LogP contribution >= 0.6 is 0 Å². The molecule has 0 aliphatic heterocycles. The second-order valence-corrected chi connectivity index (χ2v) is 30.3. The van der Waals surface area contributed by atoms with Crippen molar-refractivity contribution in [3.05, 3.63) is 64.5 Å². The first-order valence-electron chi connectivity index (χ1n) is 23.9. The van der Waals surface area contributed by atoms with Crippen LogP contribution in [0.4, 0.5) is 0 Å². The Morgan fingerprint density at radius 3 is 1.05 bits per heavy atom. The molecular weight excluding hydrogens is 817 g/mol. The summed E-state index contributed by atoms with van der Waals surface area (Å²) in [5, 5.41) is 0. The van der Waals surface area contributed by atoms with E-state index in [1.54, 1.807) is 57.4 Å². The predicted octanol–water partition coefficient (Wildman–Crippen LogP) is 17.3. The van der Waals surface area contributed by atoms with Crippen LogP contribution in [-0.2, 0) is 43.4 Å². The zero-order valence-electron chi connectivity index (χ0n) is 41.6. The van der Waals surface area contributed by atoms with Gasteiger partial charge in [-0.15, -0.1) is 19.0 Å². The average molecular weight is 916 g/mol. The Morgan fingerprint density at radius 1 is 0.475 bits per heavy atom. The van der Waals surface area contributed by atoms with Crippen molar-refractivity contribution in [1.29, 1.82) is 0 Å². The predicted molar refractivity (Wildman–Crippen MR) is 263 cm³/mol. The second kappa shape index (κ2) is 27.0. The summed E-state index contributed by atoms with van der Waals surface area (Å²) in [7, 11) is -2.98. The van der Waals surface area contributed by atoms with Crippen LogP contribution in [0.15, 0.2) is 18.7 Å². The first-order chi connectivity index (χ1) is 25.4. The molecule has 59 heavy (non-hydrogen) atoms. The molecule has 8 aliphatic rings. The third kappa shape index (κ3) is 14.1. The Morgan fingerprint density at radius 2 is 0.780 bits per heavy atom. The Bertz CT molecular complexity index is 1100. The molecule has 8 fully saturated rings. The molecule has 0 saturated heterocycles. The minimum absolute atomic E-state index is 0. The van der Waals surface area contributed by atoms with Crippen molar-refractivity contribution >= 4 is 16.5 Å². The molecule has 6 heteroatoms. The molecule has 14 unspecified atom stereocenters. The monoisotopic (exact) mass is 916 g/mol. The summed E-state index contributed by atoms with van der Waals surface area (Å²) in [6.45, 7) is 26.2. The first-order valence-corrected chi connectivity index (χ1v) is 30.0. The van der Waals surface area contributed by atoms with E-state index in [1.165, 1.54) is 77.0 Å². The molecule has 2 nitrogen and oxygen atoms in total. The fourth-order valence-corrected chi connectivity index (χ4v) is 24.6. The van der Waals surface area contributed by atoms with Gasteiger partial charge in [0.15, 0.2) is 0 Å². The van der Waals surface area contributed by atoms with E-state index in [0.717, 1.165) is 94.2 Å². The standard InChI is InChI=1S/2C22H40NSi.C5H7.4CH3.2Ti/c2*1-15-16(2)22(24(3,4)23-19-11-6-5-7-12-19)21-14-18-10-8-9-17(18)13-20(15)21;1-3-5-4-2;;;;;;/h2*15-22H,5-14H2,1-4H3;4-5H,1H2,2H3;4*1H3;;/q7*-1;+3;+4/b;;5-4+;;;;;;. The van der Waals surface area contributed by atoms with Gasteiger partial charge in [-0.05, 0) is 96.7 Å². The Balaban J connectivity index is 0.000000938. The third-order valence-corrected chi connectivity index (χ3v) is 25.4. The molecular formula is C53H99N2Si2Ti2. The number of hydrogen-bond donors (Lipinski definition) is 0. The van der Waals surface area contributed by atoms with Gasteiger partial charge in [0, 0.05) is 0 Å². The summed E-state index contributed by atoms with van der Waals surface area (Å²) < 4.78 is 0. The molecule has 337 valence electrons. The molecule has 1 radical (unpaired) electrons. The SMILES string of the molecule is C=[C-]/C=C/C.CC1C(C)C([Si](C)(C)[N-]C2CCCCC2)C2CC3CCCC3CC12.CC1C(C)C([Si](C)(C)[N-]C2CCCCC2)C2CC3CCCC3CC12.[CH3-].[CH3-].[CH3-].[CH3-].[Ti+3].[Ti+4]. The van der Waals surface area contributed by atoms with Crippen molar-refractivity contribution in [2.75, 3.05) is 0 Å². The minimum atomic E-state index is -1.49. The number of rotatable bonds is 7. The quantitative estimate of drug-likeness (QED) is 0.138. The Hall–Kier alpha value is 1.26. The summed E-state index contributed by atoms with van der Waals surface area (Å²) in [6, 6.07) is 1.45. The average Bonchev–Trinajstić information content (AvgIpc) is 3.90. The summed E-state index contributed by atoms with van der Waals surface area (Å²) >= 11 is 0. The van der Waals surface area contributed by atoms with Crippen molar-refractivity contribution in [1.82, 2.24) is 0 Å². The molecule has 0 heterocycles. The van der Waals surface area contributed by atoms with E-state index >= 15 is 0 Å². The van der Waals surface area contributed by atoms with Crippen LogP contribution in [0.25, 0.3) is 9.96 Å². The number of allylic oxidation sites excluding steroid dienone is 3. The molecule has 0 aromatic carbocycles. The summed E-state index contributed by atoms with van der Waals surface area (Å²) in [4.78, 5) is 11.3. The van der Waals surface area contributed by atoms with Gasteiger partial charge in [0.1, 0.15) is 0 Å². The summed E-state index contributed by atoms with van der Waals surface area (Å²) in [5.41, 5.74) is 1.95. The fraction of sp³-hybridized carbons (Fsp3) is 0.849. The molecule has 0 aromatic heterocycles. The van der Waals surface area contributed by atoms with Gasteiger partial charge in [-0.1, -0.05) is 184 Å². The molecule has 8 aliphatic carbocycles. The van der Waals surface area contributed by atoms with Crippen molar-refractivity contribution in [2.24, 2.45) is 71.0 Å². The molecule has 0 N–H and O–H groups in total. The van der Waals surface area contributed by atoms with Gasteiger partial charge in [-0.2, -0.15) is 6.58 Å². The normalized spacial score (nSPS) is 38.8. The fourth-order valence-electron chi connectivity index (χ4n) is 15.8. The van der Waals surface area contributed by atoms with E-state index in [2.05, 4.69) is 66.5 Å². The van der Waals surface area contributed by atoms with Gasteiger partial charge in [-0.3, -0.25) is 6.08 Å². The Kier molecular flexibility index (Phi) is 27.6. The van der Waals surface area contributed by atoms with Gasteiger partial charge in [-0.25, -0.2) is 12.2 Å². The van der Waals surface area contributed by atoms with E-state index < -0.39 is 16.5 Å². The van der Waals surface area contributed by atoms with E-state index in [4.69, 9.17) is 9.96 Å². The molecule has 8 rings (SSSR count). The first kappa shape index (κ1) is 60.3. The molecule has 0 aromatic rings. The van der Waals surface area contributed by atoms with Gasteiger partial charge in [0.2, 0.25) is 0 Å². The largest absolute Gasteiger partial charge is 4.00 e. The van der Waals surface area contributed by atoms with Crippen LogP contribution in [0.1, 0.15) is 163 Å². The van der Waals surface area contributed by atoms with E-state index in [9.17, 15) is 0 Å². The van der Waals surface area contributed by atoms with Crippen LogP contribution in [0, 0.1) is 107 Å². The number of fused-ring (bicyclic) bond motifs is 4. The van der Waals surface area contributed by atoms with Crippen LogP contribution in [0.3, 0.4) is 0 Å². The van der Waals surface area contributed by atoms with Crippen molar-refractivity contribution in [3.8, 4) is 0 Å². The molecule has 0 bridgehead atoms. The van der Waals surface area contributed by atoms with Gasteiger partial charge >= 0.3 is 43.4 Å². The molecule has 0 spiro atoms. The molecule has 8 saturated carbocycles. The van der Waals surface area contributed by atoms with E-state index in [-0.39, 0.29) is 73.1 Å². The van der Waals surface area contributed by atoms with Gasteiger partial charge in [0.05, 0.1) is 0 Å². The van der Waals surface area contributed by atoms with Crippen LogP contribution in [0.5, 0.6) is 0 Å². The van der Waals surface area contributed by atoms with Crippen LogP contribution < -0.4 is 0 Å². The summed E-state index contributed by atoms with van der Waals surface area (Å²) in [5.74, 6) is 12.3. The van der Waals surface area contributed by atoms with Crippen LogP contribution in [0.2, 0.25) is 37.3 Å². The van der Waals surface area contributed by atoms with Gasteiger partial charge < -0.3 is 39.7 Å². The van der Waals surface area contributed by atoms with E-state index in [0.29, 0.717) is 0 Å². The maximum Gasteiger partial charge on any atom is 4.00 e. The number of hydrogen-bond acceptors (Lipinski definition) is 0. The second-order valence-electron chi connectivity index (χ2n) is 21.8.